The smallest absolute Gasteiger partial charge is 0.307 e. The molecule has 2 heterocycles. The van der Waals surface area contributed by atoms with Crippen LogP contribution in [0.2, 0.25) is 5.02 Å². The van der Waals surface area contributed by atoms with Crippen molar-refractivity contribution in [3.05, 3.63) is 44.1 Å². The minimum Gasteiger partial charge on any atom is -0.307 e. The second-order valence-electron chi connectivity index (χ2n) is 5.33. The van der Waals surface area contributed by atoms with E-state index in [0.29, 0.717) is 15.9 Å². The zero-order chi connectivity index (χ0) is 14.3. The number of nitrogens with one attached hydrogen (secondary N) is 1. The number of piperidine rings is 1. The summed E-state index contributed by atoms with van der Waals surface area (Å²) in [4.78, 5) is 29.7. The third-order valence-electron chi connectivity index (χ3n) is 3.94. The topological polar surface area (TPSA) is 58.1 Å². The summed E-state index contributed by atoms with van der Waals surface area (Å²) in [6.45, 7) is 1.79. The van der Waals surface area contributed by atoms with E-state index in [1.165, 1.54) is 4.57 Å². The number of aromatic nitrogens is 2. The molecule has 0 atom stereocenters. The van der Waals surface area contributed by atoms with E-state index in [1.54, 1.807) is 18.2 Å². The molecule has 3 rings (SSSR count). The average molecular weight is 294 g/mol. The molecule has 106 valence electrons. The first-order valence-electron chi connectivity index (χ1n) is 6.69. The summed E-state index contributed by atoms with van der Waals surface area (Å²) >= 11 is 5.94. The third kappa shape index (κ3) is 2.27. The van der Waals surface area contributed by atoms with Crippen molar-refractivity contribution in [1.29, 1.82) is 0 Å². The van der Waals surface area contributed by atoms with Crippen molar-refractivity contribution < 1.29 is 0 Å². The number of halogens is 1. The monoisotopic (exact) mass is 293 g/mol. The Morgan fingerprint density at radius 1 is 1.25 bits per heavy atom. The number of rotatable bonds is 1. The van der Waals surface area contributed by atoms with Crippen LogP contribution in [0, 0.1) is 0 Å². The van der Waals surface area contributed by atoms with Crippen LogP contribution < -0.4 is 11.2 Å². The van der Waals surface area contributed by atoms with Crippen molar-refractivity contribution >= 4 is 22.5 Å². The zero-order valence-electron chi connectivity index (χ0n) is 11.2. The molecular weight excluding hydrogens is 278 g/mol. The molecule has 1 aromatic heterocycles. The van der Waals surface area contributed by atoms with Gasteiger partial charge in [-0.2, -0.15) is 0 Å². The van der Waals surface area contributed by atoms with Crippen molar-refractivity contribution in [1.82, 2.24) is 14.5 Å². The molecule has 1 aromatic carbocycles. The highest BCUT2D eigenvalue weighted by atomic mass is 35.5. The normalized spacial score (nSPS) is 17.7. The zero-order valence-corrected chi connectivity index (χ0v) is 12.0. The van der Waals surface area contributed by atoms with Crippen molar-refractivity contribution in [2.75, 3.05) is 20.1 Å². The molecule has 0 radical (unpaired) electrons. The lowest BCUT2D eigenvalue weighted by atomic mass is 10.1. The maximum atomic E-state index is 12.6. The standard InChI is InChI=1S/C14H16ClN3O2/c1-17-6-4-10(5-7-17)18-13(19)11-8-9(15)2-3-12(11)16-14(18)20/h2-3,8,10H,4-7H2,1H3,(H,16,20). The first-order chi connectivity index (χ1) is 9.56. The van der Waals surface area contributed by atoms with Gasteiger partial charge in [0.05, 0.1) is 10.9 Å². The second-order valence-corrected chi connectivity index (χ2v) is 5.77. The molecule has 1 saturated heterocycles. The lowest BCUT2D eigenvalue weighted by Gasteiger charge is -2.29. The molecule has 0 unspecified atom stereocenters. The van der Waals surface area contributed by atoms with E-state index in [2.05, 4.69) is 9.88 Å². The van der Waals surface area contributed by atoms with E-state index in [0.717, 1.165) is 25.9 Å². The molecule has 0 bridgehead atoms. The van der Waals surface area contributed by atoms with Crippen LogP contribution in [-0.4, -0.2) is 34.6 Å². The Hall–Kier alpha value is -1.59. The van der Waals surface area contributed by atoms with E-state index in [-0.39, 0.29) is 17.3 Å². The van der Waals surface area contributed by atoms with Crippen molar-refractivity contribution in [2.24, 2.45) is 0 Å². The Kier molecular flexibility index (Phi) is 3.40. The van der Waals surface area contributed by atoms with Crippen molar-refractivity contribution in [3.8, 4) is 0 Å². The lowest BCUT2D eigenvalue weighted by molar-refractivity contribution is 0.216. The SMILES string of the molecule is CN1CCC(n2c(=O)[nH]c3ccc(Cl)cc3c2=O)CC1. The molecule has 0 amide bonds. The van der Waals surface area contributed by atoms with Gasteiger partial charge in [-0.3, -0.25) is 9.36 Å². The quantitative estimate of drug-likeness (QED) is 0.869. The van der Waals surface area contributed by atoms with Crippen LogP contribution in [-0.2, 0) is 0 Å². The van der Waals surface area contributed by atoms with Crippen LogP contribution in [0.25, 0.3) is 10.9 Å². The van der Waals surface area contributed by atoms with Gasteiger partial charge in [-0.1, -0.05) is 11.6 Å². The van der Waals surface area contributed by atoms with Gasteiger partial charge in [0, 0.05) is 11.1 Å². The Morgan fingerprint density at radius 2 is 1.95 bits per heavy atom. The Labute approximate surface area is 120 Å². The van der Waals surface area contributed by atoms with Gasteiger partial charge in [-0.15, -0.1) is 0 Å². The molecule has 2 aromatic rings. The highest BCUT2D eigenvalue weighted by Crippen LogP contribution is 2.20. The summed E-state index contributed by atoms with van der Waals surface area (Å²) in [5, 5.41) is 0.965. The van der Waals surface area contributed by atoms with Crippen LogP contribution >= 0.6 is 11.6 Å². The van der Waals surface area contributed by atoms with E-state index in [1.807, 2.05) is 7.05 Å². The minimum absolute atomic E-state index is 0.0363. The summed E-state index contributed by atoms with van der Waals surface area (Å²) in [7, 11) is 2.05. The third-order valence-corrected chi connectivity index (χ3v) is 4.18. The summed E-state index contributed by atoms with van der Waals surface area (Å²) < 4.78 is 1.35. The van der Waals surface area contributed by atoms with E-state index < -0.39 is 0 Å². The largest absolute Gasteiger partial charge is 0.329 e. The van der Waals surface area contributed by atoms with Gasteiger partial charge < -0.3 is 9.88 Å². The number of likely N-dealkylation sites (tertiary alicyclic amines) is 1. The second kappa shape index (κ2) is 5.07. The van der Waals surface area contributed by atoms with E-state index in [9.17, 15) is 9.59 Å². The molecule has 1 N–H and O–H groups in total. The molecule has 0 saturated carbocycles. The van der Waals surface area contributed by atoms with E-state index in [4.69, 9.17) is 11.6 Å². The fourth-order valence-corrected chi connectivity index (χ4v) is 2.96. The summed E-state index contributed by atoms with van der Waals surface area (Å²) in [6.07, 6.45) is 1.62. The average Bonchev–Trinajstić information content (AvgIpc) is 2.42. The number of aromatic amines is 1. The fraction of sp³-hybridized carbons (Fsp3) is 0.429. The highest BCUT2D eigenvalue weighted by molar-refractivity contribution is 6.31. The molecule has 0 spiro atoms. The molecule has 5 nitrogen and oxygen atoms in total. The molecule has 6 heteroatoms. The van der Waals surface area contributed by atoms with E-state index >= 15 is 0 Å². The van der Waals surface area contributed by atoms with Gasteiger partial charge in [0.15, 0.2) is 0 Å². The predicted molar refractivity (Wildman–Crippen MR) is 79.6 cm³/mol. The van der Waals surface area contributed by atoms with Gasteiger partial charge in [-0.25, -0.2) is 4.79 Å². The number of hydrogen-bond acceptors (Lipinski definition) is 3. The molecule has 0 aliphatic carbocycles. The number of fused-ring (bicyclic) bond motifs is 1. The first-order valence-corrected chi connectivity index (χ1v) is 7.06. The number of benzene rings is 1. The van der Waals surface area contributed by atoms with Gasteiger partial charge in [-0.05, 0) is 51.2 Å². The number of nitrogens with zero attached hydrogens (tertiary/aromatic N) is 2. The predicted octanol–water partition coefficient (Wildman–Crippen LogP) is 1.61. The number of H-pyrrole nitrogens is 1. The minimum atomic E-state index is -0.334. The molecule has 1 aliphatic rings. The molecular formula is C14H16ClN3O2. The summed E-state index contributed by atoms with van der Waals surface area (Å²) in [5.41, 5.74) is -0.0474. The van der Waals surface area contributed by atoms with Gasteiger partial charge in [0.25, 0.3) is 5.56 Å². The number of hydrogen-bond donors (Lipinski definition) is 1. The molecule has 20 heavy (non-hydrogen) atoms. The fourth-order valence-electron chi connectivity index (χ4n) is 2.78. The van der Waals surface area contributed by atoms with Crippen LogP contribution in [0.3, 0.4) is 0 Å². The van der Waals surface area contributed by atoms with Crippen LogP contribution in [0.5, 0.6) is 0 Å². The van der Waals surface area contributed by atoms with Crippen molar-refractivity contribution in [3.63, 3.8) is 0 Å². The Bertz CT molecular complexity index is 757. The van der Waals surface area contributed by atoms with Crippen LogP contribution in [0.1, 0.15) is 18.9 Å². The van der Waals surface area contributed by atoms with Gasteiger partial charge in [0.1, 0.15) is 0 Å². The Morgan fingerprint density at radius 3 is 2.65 bits per heavy atom. The Balaban J connectivity index is 2.16. The van der Waals surface area contributed by atoms with Gasteiger partial charge in [0.2, 0.25) is 0 Å². The van der Waals surface area contributed by atoms with Gasteiger partial charge >= 0.3 is 5.69 Å². The summed E-state index contributed by atoms with van der Waals surface area (Å²) in [5.74, 6) is 0. The maximum absolute atomic E-state index is 12.6. The first kappa shape index (κ1) is 13.4. The molecule has 1 fully saturated rings. The maximum Gasteiger partial charge on any atom is 0.329 e. The summed E-state index contributed by atoms with van der Waals surface area (Å²) in [6, 6.07) is 4.91. The van der Waals surface area contributed by atoms with Crippen LogP contribution in [0.15, 0.2) is 27.8 Å². The lowest BCUT2D eigenvalue weighted by Crippen LogP contribution is -2.42. The van der Waals surface area contributed by atoms with Crippen molar-refractivity contribution in [2.45, 2.75) is 18.9 Å². The van der Waals surface area contributed by atoms with Crippen LogP contribution in [0.4, 0.5) is 0 Å². The molecule has 1 aliphatic heterocycles. The highest BCUT2D eigenvalue weighted by Gasteiger charge is 2.22.